The second kappa shape index (κ2) is 6.28. The van der Waals surface area contributed by atoms with Gasteiger partial charge in [0, 0.05) is 22.2 Å². The Hall–Kier alpha value is -3.56. The van der Waals surface area contributed by atoms with Gasteiger partial charge < -0.3 is 15.1 Å². The zero-order chi connectivity index (χ0) is 17.1. The summed E-state index contributed by atoms with van der Waals surface area (Å²) in [6.07, 6.45) is 2.85. The second-order valence-electron chi connectivity index (χ2n) is 5.04. The van der Waals surface area contributed by atoms with Gasteiger partial charge in [0.1, 0.15) is 0 Å². The van der Waals surface area contributed by atoms with Gasteiger partial charge in [-0.15, -0.1) is 0 Å². The second-order valence-corrected chi connectivity index (χ2v) is 5.04. The van der Waals surface area contributed by atoms with Gasteiger partial charge in [-0.05, 0) is 17.9 Å². The number of amides is 1. The SMILES string of the molecule is C/C(Cn1cnc([N+](=O)[O-])n1)=N\NC(=O)c1c[nH]c2ccccc12. The van der Waals surface area contributed by atoms with Crippen molar-refractivity contribution in [3.8, 4) is 0 Å². The Bertz CT molecular complexity index is 941. The van der Waals surface area contributed by atoms with Gasteiger partial charge in [0.15, 0.2) is 0 Å². The lowest BCUT2D eigenvalue weighted by molar-refractivity contribution is -0.394. The molecule has 10 nitrogen and oxygen atoms in total. The number of carbonyl (C=O) groups excluding carboxylic acids is 1. The Morgan fingerprint density at radius 3 is 3.00 bits per heavy atom. The average Bonchev–Trinajstić information content (AvgIpc) is 3.19. The number of aromatic nitrogens is 4. The molecule has 0 aliphatic carbocycles. The molecule has 0 atom stereocenters. The highest BCUT2D eigenvalue weighted by Gasteiger charge is 2.14. The summed E-state index contributed by atoms with van der Waals surface area (Å²) in [7, 11) is 0. The first kappa shape index (κ1) is 15.3. The lowest BCUT2D eigenvalue weighted by Gasteiger charge is -2.01. The van der Waals surface area contributed by atoms with Gasteiger partial charge in [-0.3, -0.25) is 4.79 Å². The lowest BCUT2D eigenvalue weighted by atomic mass is 10.2. The van der Waals surface area contributed by atoms with Gasteiger partial charge in [-0.2, -0.15) is 9.78 Å². The highest BCUT2D eigenvalue weighted by Crippen LogP contribution is 2.17. The summed E-state index contributed by atoms with van der Waals surface area (Å²) in [6.45, 7) is 1.85. The van der Waals surface area contributed by atoms with Gasteiger partial charge in [0.25, 0.3) is 5.91 Å². The molecule has 2 heterocycles. The van der Waals surface area contributed by atoms with Crippen LogP contribution in [0.1, 0.15) is 17.3 Å². The minimum Gasteiger partial charge on any atom is -0.390 e. The molecule has 0 saturated heterocycles. The van der Waals surface area contributed by atoms with Gasteiger partial charge in [0.05, 0.1) is 17.8 Å². The number of benzene rings is 1. The first-order valence-electron chi connectivity index (χ1n) is 6.98. The van der Waals surface area contributed by atoms with Crippen LogP contribution in [0.15, 0.2) is 41.9 Å². The first-order valence-corrected chi connectivity index (χ1v) is 6.98. The largest absolute Gasteiger partial charge is 0.490 e. The van der Waals surface area contributed by atoms with Crippen LogP contribution in [0.3, 0.4) is 0 Å². The van der Waals surface area contributed by atoms with E-state index in [-0.39, 0.29) is 12.5 Å². The van der Waals surface area contributed by atoms with Gasteiger partial charge in [-0.25, -0.2) is 5.43 Å². The molecule has 0 spiro atoms. The zero-order valence-electron chi connectivity index (χ0n) is 12.6. The maximum Gasteiger partial charge on any atom is 0.490 e. The van der Waals surface area contributed by atoms with E-state index in [2.05, 4.69) is 25.6 Å². The predicted molar refractivity (Wildman–Crippen MR) is 85.6 cm³/mol. The van der Waals surface area contributed by atoms with Crippen LogP contribution in [0.5, 0.6) is 0 Å². The maximum absolute atomic E-state index is 12.2. The normalized spacial score (nSPS) is 11.6. The molecule has 1 aromatic carbocycles. The van der Waals surface area contributed by atoms with E-state index in [1.54, 1.807) is 13.1 Å². The van der Waals surface area contributed by atoms with E-state index in [0.29, 0.717) is 11.3 Å². The number of hydrogen-bond donors (Lipinski definition) is 2. The van der Waals surface area contributed by atoms with Crippen molar-refractivity contribution in [2.45, 2.75) is 13.5 Å². The van der Waals surface area contributed by atoms with Crippen LogP contribution < -0.4 is 5.43 Å². The topological polar surface area (TPSA) is 131 Å². The highest BCUT2D eigenvalue weighted by atomic mass is 16.6. The number of H-pyrrole nitrogens is 1. The summed E-state index contributed by atoms with van der Waals surface area (Å²) in [5, 5.41) is 19.0. The number of aromatic amines is 1. The Balaban J connectivity index is 1.67. The van der Waals surface area contributed by atoms with Crippen molar-refractivity contribution < 1.29 is 9.72 Å². The summed E-state index contributed by atoms with van der Waals surface area (Å²) in [4.78, 5) is 28.6. The molecule has 10 heteroatoms. The fraction of sp³-hybridized carbons (Fsp3) is 0.143. The van der Waals surface area contributed by atoms with E-state index in [1.807, 2.05) is 24.3 Å². The molecule has 2 aromatic heterocycles. The third-order valence-electron chi connectivity index (χ3n) is 3.26. The molecule has 0 aliphatic rings. The van der Waals surface area contributed by atoms with E-state index in [9.17, 15) is 14.9 Å². The Labute approximate surface area is 135 Å². The van der Waals surface area contributed by atoms with Crippen molar-refractivity contribution >= 4 is 28.5 Å². The molecule has 0 unspecified atom stereocenters. The Morgan fingerprint density at radius 1 is 1.46 bits per heavy atom. The number of hydrogen-bond acceptors (Lipinski definition) is 6. The monoisotopic (exact) mass is 327 g/mol. The quantitative estimate of drug-likeness (QED) is 0.416. The summed E-state index contributed by atoms with van der Waals surface area (Å²) in [5.41, 5.74) is 4.32. The maximum atomic E-state index is 12.2. The first-order chi connectivity index (χ1) is 11.5. The van der Waals surface area contributed by atoms with Crippen molar-refractivity contribution in [1.29, 1.82) is 0 Å². The molecular formula is C14H13N7O3. The minimum atomic E-state index is -0.679. The number of nitro groups is 1. The summed E-state index contributed by atoms with van der Waals surface area (Å²) in [6, 6.07) is 7.43. The number of rotatable bonds is 5. The molecule has 2 N–H and O–H groups in total. The summed E-state index contributed by atoms with van der Waals surface area (Å²) < 4.78 is 1.27. The van der Waals surface area contributed by atoms with Crippen molar-refractivity contribution in [2.24, 2.45) is 5.10 Å². The molecule has 1 amide bonds. The Kier molecular flexibility index (Phi) is 4.01. The number of nitrogens with zero attached hydrogens (tertiary/aromatic N) is 5. The van der Waals surface area contributed by atoms with E-state index in [0.717, 1.165) is 10.9 Å². The number of carbonyl (C=O) groups is 1. The van der Waals surface area contributed by atoms with Crippen molar-refractivity contribution in [3.05, 3.63) is 52.5 Å². The van der Waals surface area contributed by atoms with Crippen LogP contribution >= 0.6 is 0 Å². The third-order valence-corrected chi connectivity index (χ3v) is 3.26. The predicted octanol–water partition coefficient (Wildman–Crippen LogP) is 1.47. The summed E-state index contributed by atoms with van der Waals surface area (Å²) >= 11 is 0. The molecule has 0 aliphatic heterocycles. The average molecular weight is 327 g/mol. The molecule has 0 fully saturated rings. The molecule has 3 rings (SSSR count). The fourth-order valence-electron chi connectivity index (χ4n) is 2.18. The smallest absolute Gasteiger partial charge is 0.390 e. The van der Waals surface area contributed by atoms with Crippen LogP contribution in [0, 0.1) is 10.1 Å². The van der Waals surface area contributed by atoms with Crippen molar-refractivity contribution in [3.63, 3.8) is 0 Å². The number of fused-ring (bicyclic) bond motifs is 1. The van der Waals surface area contributed by atoms with E-state index in [1.165, 1.54) is 11.0 Å². The van der Waals surface area contributed by atoms with Crippen LogP contribution in [0.25, 0.3) is 10.9 Å². The Morgan fingerprint density at radius 2 is 2.25 bits per heavy atom. The van der Waals surface area contributed by atoms with Crippen LogP contribution in [0.2, 0.25) is 0 Å². The molecule has 3 aromatic rings. The molecule has 0 bridgehead atoms. The molecule has 122 valence electrons. The van der Waals surface area contributed by atoms with Gasteiger partial charge in [-0.1, -0.05) is 23.2 Å². The number of hydrazone groups is 1. The van der Waals surface area contributed by atoms with Crippen molar-refractivity contribution in [1.82, 2.24) is 25.2 Å². The fourth-order valence-corrected chi connectivity index (χ4v) is 2.18. The van der Waals surface area contributed by atoms with E-state index >= 15 is 0 Å². The van der Waals surface area contributed by atoms with Crippen LogP contribution in [0.4, 0.5) is 5.95 Å². The van der Waals surface area contributed by atoms with Crippen LogP contribution in [-0.4, -0.2) is 36.3 Å². The number of nitrogens with one attached hydrogen (secondary N) is 2. The van der Waals surface area contributed by atoms with Crippen LogP contribution in [-0.2, 0) is 6.54 Å². The molecule has 0 radical (unpaired) electrons. The lowest BCUT2D eigenvalue weighted by Crippen LogP contribution is -2.20. The van der Waals surface area contributed by atoms with Gasteiger partial charge >= 0.3 is 5.95 Å². The zero-order valence-corrected chi connectivity index (χ0v) is 12.6. The van der Waals surface area contributed by atoms with Crippen molar-refractivity contribution in [2.75, 3.05) is 0 Å². The number of para-hydroxylation sites is 1. The minimum absolute atomic E-state index is 0.176. The van der Waals surface area contributed by atoms with Gasteiger partial charge in [0.2, 0.25) is 6.33 Å². The molecule has 24 heavy (non-hydrogen) atoms. The van der Waals surface area contributed by atoms with E-state index < -0.39 is 10.9 Å². The molecular weight excluding hydrogens is 314 g/mol. The third kappa shape index (κ3) is 3.11. The molecule has 0 saturated carbocycles. The standard InChI is InChI=1S/C14H13N7O3/c1-9(7-20-8-16-14(19-20)21(23)24)17-18-13(22)11-6-15-12-5-3-2-4-10(11)12/h2-6,8,15H,7H2,1H3,(H,18,22)/b17-9+. The van der Waals surface area contributed by atoms with E-state index in [4.69, 9.17) is 0 Å². The summed E-state index contributed by atoms with van der Waals surface area (Å²) in [5.74, 6) is -0.831. The highest BCUT2D eigenvalue weighted by molar-refractivity contribution is 6.06.